The van der Waals surface area contributed by atoms with Crippen LogP contribution < -0.4 is 10.5 Å². The van der Waals surface area contributed by atoms with Crippen LogP contribution in [0.1, 0.15) is 30.4 Å². The summed E-state index contributed by atoms with van der Waals surface area (Å²) in [5, 5.41) is 11.7. The molecule has 3 N–H and O–H groups in total. The SMILES string of the molecule is Cc1cc(OCCN2CCCCC2)ccc1/C(N)=N/O. The van der Waals surface area contributed by atoms with E-state index in [9.17, 15) is 0 Å². The Balaban J connectivity index is 1.85. The number of likely N-dealkylation sites (tertiary alicyclic amines) is 1. The molecule has 1 aliphatic rings. The number of hydrogen-bond acceptors (Lipinski definition) is 4. The summed E-state index contributed by atoms with van der Waals surface area (Å²) >= 11 is 0. The Kier molecular flexibility index (Phi) is 5.24. The Hall–Kier alpha value is -1.75. The van der Waals surface area contributed by atoms with Crippen LogP contribution in [-0.2, 0) is 0 Å². The van der Waals surface area contributed by atoms with Crippen LogP contribution in [0, 0.1) is 6.92 Å². The zero-order valence-corrected chi connectivity index (χ0v) is 12.0. The minimum Gasteiger partial charge on any atom is -0.492 e. The van der Waals surface area contributed by atoms with Crippen molar-refractivity contribution < 1.29 is 9.94 Å². The summed E-state index contributed by atoms with van der Waals surface area (Å²) < 4.78 is 5.77. The number of nitrogens with zero attached hydrogens (tertiary/aromatic N) is 2. The van der Waals surface area contributed by atoms with Gasteiger partial charge in [0.2, 0.25) is 0 Å². The second-order valence-electron chi connectivity index (χ2n) is 5.21. The van der Waals surface area contributed by atoms with E-state index in [1.165, 1.54) is 32.4 Å². The molecule has 5 heteroatoms. The average molecular weight is 277 g/mol. The van der Waals surface area contributed by atoms with Crippen molar-refractivity contribution in [2.24, 2.45) is 10.9 Å². The third-order valence-corrected chi connectivity index (χ3v) is 3.71. The number of benzene rings is 1. The number of hydrogen-bond donors (Lipinski definition) is 2. The van der Waals surface area contributed by atoms with E-state index >= 15 is 0 Å². The van der Waals surface area contributed by atoms with Gasteiger partial charge in [0.05, 0.1) is 0 Å². The van der Waals surface area contributed by atoms with Crippen LogP contribution in [0.4, 0.5) is 0 Å². The van der Waals surface area contributed by atoms with E-state index in [1.54, 1.807) is 0 Å². The van der Waals surface area contributed by atoms with E-state index in [4.69, 9.17) is 15.7 Å². The third kappa shape index (κ3) is 3.87. The fraction of sp³-hybridized carbons (Fsp3) is 0.533. The summed E-state index contributed by atoms with van der Waals surface area (Å²) in [7, 11) is 0. The van der Waals surface area contributed by atoms with E-state index in [-0.39, 0.29) is 5.84 Å². The number of aryl methyl sites for hydroxylation is 1. The maximum atomic E-state index is 8.69. The highest BCUT2D eigenvalue weighted by Crippen LogP contribution is 2.17. The van der Waals surface area contributed by atoms with Gasteiger partial charge in [-0.05, 0) is 56.6 Å². The third-order valence-electron chi connectivity index (χ3n) is 3.71. The van der Waals surface area contributed by atoms with Crippen molar-refractivity contribution in [3.05, 3.63) is 29.3 Å². The maximum absolute atomic E-state index is 8.69. The van der Waals surface area contributed by atoms with Crippen LogP contribution in [0.2, 0.25) is 0 Å². The van der Waals surface area contributed by atoms with Crippen molar-refractivity contribution in [2.45, 2.75) is 26.2 Å². The number of oxime groups is 1. The number of rotatable bonds is 5. The van der Waals surface area contributed by atoms with E-state index in [0.29, 0.717) is 6.61 Å². The van der Waals surface area contributed by atoms with Gasteiger partial charge in [-0.2, -0.15) is 0 Å². The molecule has 20 heavy (non-hydrogen) atoms. The minimum absolute atomic E-state index is 0.127. The average Bonchev–Trinajstić information content (AvgIpc) is 2.48. The number of nitrogens with two attached hydrogens (primary N) is 1. The first kappa shape index (κ1) is 14.7. The lowest BCUT2D eigenvalue weighted by atomic mass is 10.1. The molecule has 1 aromatic carbocycles. The molecule has 0 unspecified atom stereocenters. The molecule has 0 saturated carbocycles. The van der Waals surface area contributed by atoms with Crippen molar-refractivity contribution in [3.63, 3.8) is 0 Å². The molecule has 0 bridgehead atoms. The molecule has 1 heterocycles. The zero-order chi connectivity index (χ0) is 14.4. The molecule has 0 aromatic heterocycles. The lowest BCUT2D eigenvalue weighted by Crippen LogP contribution is -2.33. The molecule has 0 spiro atoms. The molecule has 0 amide bonds. The van der Waals surface area contributed by atoms with E-state index in [1.807, 2.05) is 25.1 Å². The van der Waals surface area contributed by atoms with Crippen LogP contribution >= 0.6 is 0 Å². The van der Waals surface area contributed by atoms with Crippen LogP contribution in [0.25, 0.3) is 0 Å². The Morgan fingerprint density at radius 2 is 2.10 bits per heavy atom. The van der Waals surface area contributed by atoms with Gasteiger partial charge in [-0.3, -0.25) is 4.90 Å². The summed E-state index contributed by atoms with van der Waals surface area (Å²) in [6.07, 6.45) is 3.95. The normalized spacial score (nSPS) is 17.1. The van der Waals surface area contributed by atoms with E-state index in [0.717, 1.165) is 23.4 Å². The quantitative estimate of drug-likeness (QED) is 0.373. The summed E-state index contributed by atoms with van der Waals surface area (Å²) in [6.45, 7) is 5.96. The number of amidine groups is 1. The highest BCUT2D eigenvalue weighted by atomic mass is 16.5. The second kappa shape index (κ2) is 7.14. The lowest BCUT2D eigenvalue weighted by molar-refractivity contribution is 0.183. The van der Waals surface area contributed by atoms with Crippen molar-refractivity contribution in [1.82, 2.24) is 4.90 Å². The Bertz CT molecular complexity index is 468. The Morgan fingerprint density at radius 3 is 2.75 bits per heavy atom. The Labute approximate surface area is 120 Å². The molecule has 0 atom stereocenters. The lowest BCUT2D eigenvalue weighted by Gasteiger charge is -2.26. The number of piperidine rings is 1. The predicted molar refractivity (Wildman–Crippen MR) is 79.5 cm³/mol. The zero-order valence-electron chi connectivity index (χ0n) is 12.0. The van der Waals surface area contributed by atoms with Gasteiger partial charge in [0.25, 0.3) is 0 Å². The molecular weight excluding hydrogens is 254 g/mol. The fourth-order valence-corrected chi connectivity index (χ4v) is 2.54. The standard InChI is InChI=1S/C15H23N3O2/c1-12-11-13(5-6-14(12)15(16)17-19)20-10-9-18-7-3-2-4-8-18/h5-6,11,19H,2-4,7-10H2,1H3,(H2,16,17). The van der Waals surface area contributed by atoms with Gasteiger partial charge >= 0.3 is 0 Å². The topological polar surface area (TPSA) is 71.1 Å². The second-order valence-corrected chi connectivity index (χ2v) is 5.21. The maximum Gasteiger partial charge on any atom is 0.170 e. The molecule has 1 fully saturated rings. The van der Waals surface area contributed by atoms with Gasteiger partial charge < -0.3 is 15.7 Å². The summed E-state index contributed by atoms with van der Waals surface area (Å²) in [6, 6.07) is 5.60. The molecule has 0 aliphatic carbocycles. The highest BCUT2D eigenvalue weighted by molar-refractivity contribution is 5.98. The van der Waals surface area contributed by atoms with Crippen LogP contribution in [-0.4, -0.2) is 42.2 Å². The van der Waals surface area contributed by atoms with Crippen molar-refractivity contribution in [3.8, 4) is 5.75 Å². The molecule has 1 aromatic rings. The van der Waals surface area contributed by atoms with Gasteiger partial charge in [-0.25, -0.2) is 0 Å². The highest BCUT2D eigenvalue weighted by Gasteiger charge is 2.10. The molecule has 1 aliphatic heterocycles. The van der Waals surface area contributed by atoms with Gasteiger partial charge in [-0.1, -0.05) is 11.6 Å². The Morgan fingerprint density at radius 1 is 1.35 bits per heavy atom. The van der Waals surface area contributed by atoms with Crippen molar-refractivity contribution in [2.75, 3.05) is 26.2 Å². The fourth-order valence-electron chi connectivity index (χ4n) is 2.54. The van der Waals surface area contributed by atoms with E-state index in [2.05, 4.69) is 10.1 Å². The smallest absolute Gasteiger partial charge is 0.170 e. The van der Waals surface area contributed by atoms with E-state index < -0.39 is 0 Å². The summed E-state index contributed by atoms with van der Waals surface area (Å²) in [4.78, 5) is 2.45. The first-order chi connectivity index (χ1) is 9.70. The first-order valence-corrected chi connectivity index (χ1v) is 7.14. The minimum atomic E-state index is 0.127. The molecule has 1 saturated heterocycles. The van der Waals surface area contributed by atoms with Gasteiger partial charge in [0, 0.05) is 12.1 Å². The molecule has 5 nitrogen and oxygen atoms in total. The molecule has 110 valence electrons. The van der Waals surface area contributed by atoms with Crippen molar-refractivity contribution in [1.29, 1.82) is 0 Å². The van der Waals surface area contributed by atoms with Gasteiger partial charge in [-0.15, -0.1) is 0 Å². The monoisotopic (exact) mass is 277 g/mol. The van der Waals surface area contributed by atoms with Crippen LogP contribution in [0.3, 0.4) is 0 Å². The van der Waals surface area contributed by atoms with Gasteiger partial charge in [0.15, 0.2) is 5.84 Å². The largest absolute Gasteiger partial charge is 0.492 e. The van der Waals surface area contributed by atoms with Crippen LogP contribution in [0.5, 0.6) is 5.75 Å². The molecule has 0 radical (unpaired) electrons. The molecule has 2 rings (SSSR count). The first-order valence-electron chi connectivity index (χ1n) is 7.14. The molecular formula is C15H23N3O2. The summed E-state index contributed by atoms with van der Waals surface area (Å²) in [5.74, 6) is 0.955. The van der Waals surface area contributed by atoms with Crippen molar-refractivity contribution >= 4 is 5.84 Å². The van der Waals surface area contributed by atoms with Crippen LogP contribution in [0.15, 0.2) is 23.4 Å². The van der Waals surface area contributed by atoms with Gasteiger partial charge in [0.1, 0.15) is 12.4 Å². The predicted octanol–water partition coefficient (Wildman–Crippen LogP) is 1.95. The summed E-state index contributed by atoms with van der Waals surface area (Å²) in [5.41, 5.74) is 7.27. The number of ether oxygens (including phenoxy) is 1.